The van der Waals surface area contributed by atoms with Crippen molar-refractivity contribution in [3.8, 4) is 0 Å². The van der Waals surface area contributed by atoms with E-state index in [1.807, 2.05) is 30.3 Å². The molecule has 0 spiro atoms. The number of fused-ring (bicyclic) bond motifs is 1. The first-order valence-electron chi connectivity index (χ1n) is 7.74. The molecule has 0 radical (unpaired) electrons. The van der Waals surface area contributed by atoms with Gasteiger partial charge in [-0.05, 0) is 5.56 Å². The van der Waals surface area contributed by atoms with Gasteiger partial charge in [-0.1, -0.05) is 53.4 Å². The third kappa shape index (κ3) is 4.21. The fourth-order valence-corrected chi connectivity index (χ4v) is 3.75. The van der Waals surface area contributed by atoms with Gasteiger partial charge in [-0.15, -0.1) is 0 Å². The summed E-state index contributed by atoms with van der Waals surface area (Å²) in [7, 11) is 1.75. The number of hydrogen-bond donors (Lipinski definition) is 4. The number of aliphatic hydroxyl groups is 1. The number of aliphatic hydroxyl groups excluding tert-OH is 1. The molecule has 1 aromatic carbocycles. The van der Waals surface area contributed by atoms with E-state index in [9.17, 15) is 15.0 Å². The van der Waals surface area contributed by atoms with Crippen molar-refractivity contribution in [2.45, 2.75) is 17.0 Å². The second-order valence-electron chi connectivity index (χ2n) is 5.27. The number of anilines is 2. The zero-order chi connectivity index (χ0) is 18.5. The van der Waals surface area contributed by atoms with Gasteiger partial charge in [0.25, 0.3) is 0 Å². The largest absolute Gasteiger partial charge is 0.480 e. The second-order valence-corrected chi connectivity index (χ2v) is 7.21. The number of carbonyl (C=O) groups is 1. The smallest absolute Gasteiger partial charge is 0.328 e. The molecule has 10 heteroatoms. The number of hydrogen-bond acceptors (Lipinski definition) is 9. The lowest BCUT2D eigenvalue weighted by molar-refractivity contribution is -0.138. The lowest BCUT2D eigenvalue weighted by atomic mass is 10.2. The van der Waals surface area contributed by atoms with E-state index in [0.717, 1.165) is 5.56 Å². The van der Waals surface area contributed by atoms with Gasteiger partial charge in [0.1, 0.15) is 10.7 Å². The maximum absolute atomic E-state index is 11.2. The molecule has 0 amide bonds. The summed E-state index contributed by atoms with van der Waals surface area (Å²) in [6.07, 6.45) is 0. The van der Waals surface area contributed by atoms with Gasteiger partial charge in [0.2, 0.25) is 0 Å². The van der Waals surface area contributed by atoms with Gasteiger partial charge in [-0.3, -0.25) is 0 Å². The minimum Gasteiger partial charge on any atom is -0.480 e. The van der Waals surface area contributed by atoms with Crippen molar-refractivity contribution in [3.63, 3.8) is 0 Å². The maximum Gasteiger partial charge on any atom is 0.328 e. The molecule has 1 atom stereocenters. The molecule has 136 valence electrons. The molecule has 2 aromatic heterocycles. The molecule has 0 aliphatic carbocycles. The van der Waals surface area contributed by atoms with Gasteiger partial charge in [-0.25, -0.2) is 14.8 Å². The first-order chi connectivity index (χ1) is 12.6. The van der Waals surface area contributed by atoms with Crippen molar-refractivity contribution in [2.75, 3.05) is 24.3 Å². The Morgan fingerprint density at radius 1 is 1.27 bits per heavy atom. The van der Waals surface area contributed by atoms with Crippen LogP contribution in [-0.4, -0.2) is 50.8 Å². The van der Waals surface area contributed by atoms with E-state index < -0.39 is 18.6 Å². The third-order valence-electron chi connectivity index (χ3n) is 3.45. The third-order valence-corrected chi connectivity index (χ3v) is 5.44. The lowest BCUT2D eigenvalue weighted by Crippen LogP contribution is -2.33. The molecule has 3 aromatic rings. The van der Waals surface area contributed by atoms with E-state index in [0.29, 0.717) is 32.2 Å². The highest BCUT2D eigenvalue weighted by atomic mass is 32.2. The average Bonchev–Trinajstić information content (AvgIpc) is 3.08. The minimum atomic E-state index is -1.16. The Bertz CT molecular complexity index is 904. The minimum absolute atomic E-state index is 0.353. The van der Waals surface area contributed by atoms with Crippen LogP contribution in [0.25, 0.3) is 10.3 Å². The van der Waals surface area contributed by atoms with Crippen LogP contribution in [-0.2, 0) is 10.5 Å². The number of thiazole rings is 1. The molecule has 0 saturated carbocycles. The summed E-state index contributed by atoms with van der Waals surface area (Å²) in [5.41, 5.74) is 1.61. The Morgan fingerprint density at radius 3 is 2.69 bits per heavy atom. The van der Waals surface area contributed by atoms with E-state index in [2.05, 4.69) is 25.6 Å². The van der Waals surface area contributed by atoms with Gasteiger partial charge in [-0.2, -0.15) is 4.98 Å². The number of nitrogens with one attached hydrogen (secondary N) is 2. The predicted molar refractivity (Wildman–Crippen MR) is 103 cm³/mol. The molecule has 0 unspecified atom stereocenters. The van der Waals surface area contributed by atoms with Crippen molar-refractivity contribution in [2.24, 2.45) is 0 Å². The van der Waals surface area contributed by atoms with Crippen LogP contribution < -0.4 is 10.6 Å². The molecule has 0 saturated heterocycles. The number of nitrogens with zero attached hydrogens (tertiary/aromatic N) is 3. The number of thioether (sulfide) groups is 1. The highest BCUT2D eigenvalue weighted by Gasteiger charge is 2.20. The van der Waals surface area contributed by atoms with Gasteiger partial charge in [0, 0.05) is 12.8 Å². The Morgan fingerprint density at radius 2 is 2.04 bits per heavy atom. The van der Waals surface area contributed by atoms with Crippen LogP contribution in [0.3, 0.4) is 0 Å². The van der Waals surface area contributed by atoms with Gasteiger partial charge >= 0.3 is 5.97 Å². The van der Waals surface area contributed by atoms with Crippen LogP contribution in [0.2, 0.25) is 0 Å². The van der Waals surface area contributed by atoms with Gasteiger partial charge < -0.3 is 20.8 Å². The number of carboxylic acid groups (broad SMARTS) is 1. The monoisotopic (exact) mass is 391 g/mol. The molecule has 0 aliphatic rings. The quantitative estimate of drug-likeness (QED) is 0.338. The Hall–Kier alpha value is -2.43. The zero-order valence-corrected chi connectivity index (χ0v) is 15.5. The number of aliphatic carboxylic acids is 1. The molecule has 8 nitrogen and oxygen atoms in total. The van der Waals surface area contributed by atoms with Crippen LogP contribution >= 0.6 is 23.1 Å². The summed E-state index contributed by atoms with van der Waals surface area (Å²) < 4.78 is 0.637. The van der Waals surface area contributed by atoms with E-state index in [-0.39, 0.29) is 0 Å². The van der Waals surface area contributed by atoms with Gasteiger partial charge in [0.05, 0.1) is 6.61 Å². The summed E-state index contributed by atoms with van der Waals surface area (Å²) in [6, 6.07) is 8.75. The van der Waals surface area contributed by atoms with Crippen molar-refractivity contribution >= 4 is 50.4 Å². The average molecular weight is 391 g/mol. The summed E-state index contributed by atoms with van der Waals surface area (Å²) in [6.45, 7) is -0.551. The predicted octanol–water partition coefficient (Wildman–Crippen LogP) is 2.28. The van der Waals surface area contributed by atoms with E-state index >= 15 is 0 Å². The summed E-state index contributed by atoms with van der Waals surface area (Å²) >= 11 is 2.75. The van der Waals surface area contributed by atoms with Crippen molar-refractivity contribution < 1.29 is 15.0 Å². The second kappa shape index (κ2) is 8.30. The fraction of sp³-hybridized carbons (Fsp3) is 0.250. The van der Waals surface area contributed by atoms with Crippen molar-refractivity contribution in [1.82, 2.24) is 15.0 Å². The lowest BCUT2D eigenvalue weighted by Gasteiger charge is -2.13. The Balaban J connectivity index is 1.92. The van der Waals surface area contributed by atoms with Crippen LogP contribution in [0.5, 0.6) is 0 Å². The van der Waals surface area contributed by atoms with Crippen LogP contribution in [0.15, 0.2) is 35.5 Å². The highest BCUT2D eigenvalue weighted by molar-refractivity contribution is 7.98. The summed E-state index contributed by atoms with van der Waals surface area (Å²) in [4.78, 5) is 24.5. The molecule has 4 N–H and O–H groups in total. The molecule has 26 heavy (non-hydrogen) atoms. The van der Waals surface area contributed by atoms with Crippen molar-refractivity contribution in [1.29, 1.82) is 0 Å². The van der Waals surface area contributed by atoms with Crippen LogP contribution in [0.1, 0.15) is 5.56 Å². The fourth-order valence-electron chi connectivity index (χ4n) is 2.15. The van der Waals surface area contributed by atoms with E-state index in [1.54, 1.807) is 7.05 Å². The number of carboxylic acids is 1. The molecule has 0 fully saturated rings. The van der Waals surface area contributed by atoms with Crippen molar-refractivity contribution in [3.05, 3.63) is 35.9 Å². The normalized spacial score (nSPS) is 12.1. The van der Waals surface area contributed by atoms with Gasteiger partial charge in [0.15, 0.2) is 21.8 Å². The van der Waals surface area contributed by atoms with E-state index in [4.69, 9.17) is 0 Å². The standard InChI is InChI=1S/C16H17N5O3S2/c1-17-15-19-13-11(26-15)12(18-10(7-22)14(23)24)20-16(21-13)25-8-9-5-3-2-4-6-9/h2-6,10,22H,7-8H2,1H3,(H,23,24)(H2,17,18,19,20,21)/t10-/m0/s1. The molecular formula is C16H17N5O3S2. The summed E-state index contributed by atoms with van der Waals surface area (Å²) in [5.74, 6) is -0.126. The molecule has 2 heterocycles. The summed E-state index contributed by atoms with van der Waals surface area (Å²) in [5, 5.41) is 25.3. The first kappa shape index (κ1) is 18.4. The number of aromatic nitrogens is 3. The zero-order valence-electron chi connectivity index (χ0n) is 13.8. The number of benzene rings is 1. The van der Waals surface area contributed by atoms with E-state index in [1.165, 1.54) is 23.1 Å². The number of rotatable bonds is 8. The highest BCUT2D eigenvalue weighted by Crippen LogP contribution is 2.32. The van der Waals surface area contributed by atoms with Crippen LogP contribution in [0, 0.1) is 0 Å². The Labute approximate surface area is 157 Å². The maximum atomic E-state index is 11.2. The molecule has 3 rings (SSSR count). The Kier molecular flexibility index (Phi) is 5.86. The SMILES string of the molecule is CNc1nc2nc(SCc3ccccc3)nc(N[C@@H](CO)C(=O)O)c2s1. The molecule has 0 aliphatic heterocycles. The molecular weight excluding hydrogens is 374 g/mol. The van der Waals surface area contributed by atoms with Crippen LogP contribution in [0.4, 0.5) is 10.9 Å². The molecule has 0 bridgehead atoms. The topological polar surface area (TPSA) is 120 Å². The first-order valence-corrected chi connectivity index (χ1v) is 9.54.